The first-order valence-electron chi connectivity index (χ1n) is 8.26. The second kappa shape index (κ2) is 7.29. The summed E-state index contributed by atoms with van der Waals surface area (Å²) in [6.07, 6.45) is -3.18. The highest BCUT2D eigenvalue weighted by atomic mass is 19.4. The van der Waals surface area contributed by atoms with E-state index in [1.807, 2.05) is 0 Å². The molecule has 0 saturated carbocycles. The van der Waals surface area contributed by atoms with Crippen molar-refractivity contribution in [1.29, 1.82) is 0 Å². The lowest BCUT2D eigenvalue weighted by molar-refractivity contribution is -0.137. The number of aromatic nitrogens is 4. The zero-order valence-electron chi connectivity index (χ0n) is 15.3. The van der Waals surface area contributed by atoms with Crippen LogP contribution in [-0.2, 0) is 6.18 Å². The molecule has 10 heteroatoms. The molecule has 0 fully saturated rings. The number of hydrazine groups is 1. The summed E-state index contributed by atoms with van der Waals surface area (Å²) in [6, 6.07) is 6.51. The summed E-state index contributed by atoms with van der Waals surface area (Å²) in [6.45, 7) is 5.19. The van der Waals surface area contributed by atoms with E-state index in [0.29, 0.717) is 5.69 Å². The first-order valence-corrected chi connectivity index (χ1v) is 8.26. The van der Waals surface area contributed by atoms with Gasteiger partial charge in [-0.05, 0) is 45.0 Å². The number of anilines is 1. The van der Waals surface area contributed by atoms with E-state index >= 15 is 0 Å². The van der Waals surface area contributed by atoms with Crippen LogP contribution in [0.2, 0.25) is 0 Å². The number of halogens is 3. The maximum atomic E-state index is 12.9. The average molecular weight is 390 g/mol. The van der Waals surface area contributed by atoms with Gasteiger partial charge < -0.3 is 0 Å². The SMILES string of the molecule is Cc1cc(C)nc(NNC(=O)c2cnn(-c3cccc(C(F)(F)F)c3)c2C)n1. The van der Waals surface area contributed by atoms with Gasteiger partial charge in [0.25, 0.3) is 5.91 Å². The van der Waals surface area contributed by atoms with Crippen LogP contribution >= 0.6 is 0 Å². The van der Waals surface area contributed by atoms with Gasteiger partial charge in [-0.25, -0.2) is 14.6 Å². The Morgan fingerprint density at radius 1 is 1.07 bits per heavy atom. The molecule has 0 unspecified atom stereocenters. The summed E-state index contributed by atoms with van der Waals surface area (Å²) in [5.74, 6) is -0.285. The molecule has 7 nitrogen and oxygen atoms in total. The molecular weight excluding hydrogens is 373 g/mol. The molecule has 0 aliphatic carbocycles. The first-order chi connectivity index (χ1) is 13.1. The molecule has 0 aliphatic rings. The van der Waals surface area contributed by atoms with E-state index in [9.17, 15) is 18.0 Å². The van der Waals surface area contributed by atoms with E-state index in [-0.39, 0.29) is 17.2 Å². The number of nitrogens with zero attached hydrogens (tertiary/aromatic N) is 4. The lowest BCUT2D eigenvalue weighted by Gasteiger charge is -2.10. The monoisotopic (exact) mass is 390 g/mol. The summed E-state index contributed by atoms with van der Waals surface area (Å²) >= 11 is 0. The Hall–Kier alpha value is -3.43. The molecule has 1 aromatic carbocycles. The zero-order chi connectivity index (χ0) is 20.5. The van der Waals surface area contributed by atoms with E-state index < -0.39 is 17.6 Å². The van der Waals surface area contributed by atoms with Crippen LogP contribution in [0.3, 0.4) is 0 Å². The van der Waals surface area contributed by atoms with Crippen molar-refractivity contribution >= 4 is 11.9 Å². The van der Waals surface area contributed by atoms with Crippen molar-refractivity contribution in [3.05, 3.63) is 64.7 Å². The van der Waals surface area contributed by atoms with Crippen LogP contribution in [0.1, 0.15) is 33.0 Å². The van der Waals surface area contributed by atoms with Crippen LogP contribution in [0.4, 0.5) is 19.1 Å². The van der Waals surface area contributed by atoms with Crippen molar-refractivity contribution in [3.8, 4) is 5.69 Å². The summed E-state index contributed by atoms with van der Waals surface area (Å²) in [7, 11) is 0. The van der Waals surface area contributed by atoms with Crippen LogP contribution in [-0.4, -0.2) is 25.7 Å². The number of hydrogen-bond acceptors (Lipinski definition) is 5. The van der Waals surface area contributed by atoms with Gasteiger partial charge in [-0.15, -0.1) is 0 Å². The van der Waals surface area contributed by atoms with Gasteiger partial charge >= 0.3 is 6.18 Å². The van der Waals surface area contributed by atoms with Gasteiger partial charge in [-0.1, -0.05) is 6.07 Å². The third kappa shape index (κ3) is 4.11. The van der Waals surface area contributed by atoms with Crippen molar-refractivity contribution in [2.75, 3.05) is 5.43 Å². The standard InChI is InChI=1S/C18H17F3N6O/c1-10-7-11(2)24-17(23-10)26-25-16(28)15-9-22-27(12(15)3)14-6-4-5-13(8-14)18(19,20)21/h4-9H,1-3H3,(H,25,28)(H,23,24,26). The summed E-state index contributed by atoms with van der Waals surface area (Å²) in [5.41, 5.74) is 6.56. The predicted octanol–water partition coefficient (Wildman–Crippen LogP) is 3.36. The highest BCUT2D eigenvalue weighted by Gasteiger charge is 2.30. The number of aryl methyl sites for hydroxylation is 2. The minimum atomic E-state index is -4.47. The van der Waals surface area contributed by atoms with Crippen molar-refractivity contribution in [2.45, 2.75) is 26.9 Å². The Labute approximate surface area is 158 Å². The van der Waals surface area contributed by atoms with Crippen LogP contribution in [0.5, 0.6) is 0 Å². The molecule has 2 aromatic heterocycles. The van der Waals surface area contributed by atoms with Gasteiger partial charge in [0.05, 0.1) is 28.7 Å². The summed E-state index contributed by atoms with van der Waals surface area (Å²) < 4.78 is 40.0. The molecule has 0 saturated heterocycles. The maximum absolute atomic E-state index is 12.9. The molecule has 3 aromatic rings. The number of amides is 1. The normalized spacial score (nSPS) is 11.4. The second-order valence-corrected chi connectivity index (χ2v) is 6.16. The number of carbonyl (C=O) groups is 1. The van der Waals surface area contributed by atoms with E-state index in [1.54, 1.807) is 26.8 Å². The van der Waals surface area contributed by atoms with E-state index in [2.05, 4.69) is 25.9 Å². The first kappa shape index (κ1) is 19.3. The molecule has 0 bridgehead atoms. The van der Waals surface area contributed by atoms with Crippen LogP contribution < -0.4 is 10.9 Å². The number of hydrogen-bond donors (Lipinski definition) is 2. The number of carbonyl (C=O) groups excluding carboxylic acids is 1. The van der Waals surface area contributed by atoms with Gasteiger partial charge in [0.1, 0.15) is 0 Å². The minimum Gasteiger partial charge on any atom is -0.267 e. The number of nitrogens with one attached hydrogen (secondary N) is 2. The molecule has 2 N–H and O–H groups in total. The van der Waals surface area contributed by atoms with Crippen LogP contribution in [0, 0.1) is 20.8 Å². The fourth-order valence-electron chi connectivity index (χ4n) is 2.67. The fraction of sp³-hybridized carbons (Fsp3) is 0.222. The lowest BCUT2D eigenvalue weighted by Crippen LogP contribution is -2.30. The van der Waals surface area contributed by atoms with Gasteiger partial charge in [-0.3, -0.25) is 15.6 Å². The van der Waals surface area contributed by atoms with Gasteiger partial charge in [-0.2, -0.15) is 18.3 Å². The van der Waals surface area contributed by atoms with Crippen molar-refractivity contribution in [3.63, 3.8) is 0 Å². The lowest BCUT2D eigenvalue weighted by atomic mass is 10.2. The highest BCUT2D eigenvalue weighted by Crippen LogP contribution is 2.30. The number of alkyl halides is 3. The molecule has 28 heavy (non-hydrogen) atoms. The van der Waals surface area contributed by atoms with Crippen LogP contribution in [0.25, 0.3) is 5.69 Å². The molecule has 0 aliphatic heterocycles. The van der Waals surface area contributed by atoms with Crippen molar-refractivity contribution < 1.29 is 18.0 Å². The summed E-state index contributed by atoms with van der Waals surface area (Å²) in [4.78, 5) is 20.7. The third-order valence-electron chi connectivity index (χ3n) is 3.94. The van der Waals surface area contributed by atoms with Gasteiger partial charge in [0.15, 0.2) is 0 Å². The second-order valence-electron chi connectivity index (χ2n) is 6.16. The molecular formula is C18H17F3N6O. The minimum absolute atomic E-state index is 0.203. The molecule has 146 valence electrons. The highest BCUT2D eigenvalue weighted by molar-refractivity contribution is 5.95. The van der Waals surface area contributed by atoms with Crippen molar-refractivity contribution in [2.24, 2.45) is 0 Å². The van der Waals surface area contributed by atoms with E-state index in [1.165, 1.54) is 23.0 Å². The Kier molecular flexibility index (Phi) is 5.04. The molecule has 3 rings (SSSR count). The molecule has 1 amide bonds. The molecule has 0 radical (unpaired) electrons. The predicted molar refractivity (Wildman–Crippen MR) is 95.9 cm³/mol. The van der Waals surface area contributed by atoms with Crippen LogP contribution in [0.15, 0.2) is 36.5 Å². The quantitative estimate of drug-likeness (QED) is 0.668. The largest absolute Gasteiger partial charge is 0.416 e. The van der Waals surface area contributed by atoms with Crippen molar-refractivity contribution in [1.82, 2.24) is 25.2 Å². The maximum Gasteiger partial charge on any atom is 0.416 e. The third-order valence-corrected chi connectivity index (χ3v) is 3.94. The summed E-state index contributed by atoms with van der Waals surface area (Å²) in [5, 5.41) is 4.04. The zero-order valence-corrected chi connectivity index (χ0v) is 15.3. The topological polar surface area (TPSA) is 84.7 Å². The molecule has 0 spiro atoms. The Morgan fingerprint density at radius 2 is 1.75 bits per heavy atom. The molecule has 2 heterocycles. The van der Waals surface area contributed by atoms with Gasteiger partial charge in [0.2, 0.25) is 5.95 Å². The van der Waals surface area contributed by atoms with Gasteiger partial charge in [0, 0.05) is 11.4 Å². The number of benzene rings is 1. The Morgan fingerprint density at radius 3 is 2.39 bits per heavy atom. The Bertz CT molecular complexity index is 1010. The molecule has 0 atom stereocenters. The fourth-order valence-corrected chi connectivity index (χ4v) is 2.67. The van der Waals surface area contributed by atoms with E-state index in [0.717, 1.165) is 23.5 Å². The number of rotatable bonds is 4. The average Bonchev–Trinajstić information content (AvgIpc) is 3.00. The smallest absolute Gasteiger partial charge is 0.267 e. The van der Waals surface area contributed by atoms with E-state index in [4.69, 9.17) is 0 Å². The Balaban J connectivity index is 1.80.